The minimum Gasteiger partial charge on any atom is -0.506 e. The Balaban J connectivity index is 2.20. The molecular weight excluding hydrogens is 528 g/mol. The molecule has 0 heterocycles. The van der Waals surface area contributed by atoms with Crippen molar-refractivity contribution in [3.05, 3.63) is 43.0 Å². The highest BCUT2D eigenvalue weighted by Crippen LogP contribution is 2.36. The number of carboxylic acids is 1. The fourth-order valence-corrected chi connectivity index (χ4v) is 3.56. The molecule has 8 heteroatoms. The number of nitrogens with two attached hydrogens (primary N) is 1. The van der Waals surface area contributed by atoms with Gasteiger partial charge in [0.05, 0.1) is 7.14 Å². The largest absolute Gasteiger partial charge is 0.506 e. The number of carbonyl (C=O) groups is 1. The number of phenolic OH excluding ortho intramolecular Hbond substituents is 2. The third-order valence-electron chi connectivity index (χ3n) is 3.01. The molecule has 2 aromatic rings. The highest BCUT2D eigenvalue weighted by molar-refractivity contribution is 14.1. The van der Waals surface area contributed by atoms with Gasteiger partial charge >= 0.3 is 5.97 Å². The first-order valence-electron chi connectivity index (χ1n) is 6.44. The third-order valence-corrected chi connectivity index (χ3v) is 4.66. The van der Waals surface area contributed by atoms with Crippen molar-refractivity contribution in [2.45, 2.75) is 12.5 Å². The van der Waals surface area contributed by atoms with Gasteiger partial charge in [0.15, 0.2) is 11.5 Å². The molecule has 0 spiro atoms. The monoisotopic (exact) mass is 541 g/mol. The van der Waals surface area contributed by atoms with Gasteiger partial charge < -0.3 is 25.8 Å². The number of benzene rings is 2. The summed E-state index contributed by atoms with van der Waals surface area (Å²) in [6.07, 6.45) is 0.109. The molecule has 0 radical (unpaired) electrons. The lowest BCUT2D eigenvalue weighted by Gasteiger charge is -2.12. The summed E-state index contributed by atoms with van der Waals surface area (Å²) < 4.78 is 6.88. The average molecular weight is 541 g/mol. The Hall–Kier alpha value is -1.27. The molecule has 0 amide bonds. The Kier molecular flexibility index (Phi) is 5.92. The Labute approximate surface area is 159 Å². The highest BCUT2D eigenvalue weighted by atomic mass is 127. The second-order valence-electron chi connectivity index (χ2n) is 4.79. The number of hydrogen-bond acceptors (Lipinski definition) is 5. The molecular formula is C15H13I2NO5. The van der Waals surface area contributed by atoms with Crippen molar-refractivity contribution >= 4 is 51.2 Å². The number of carboxylic acid groups (broad SMARTS) is 1. The first-order chi connectivity index (χ1) is 10.8. The Bertz CT molecular complexity index is 728. The van der Waals surface area contributed by atoms with E-state index in [1.54, 1.807) is 24.3 Å². The Morgan fingerprint density at radius 1 is 1.17 bits per heavy atom. The summed E-state index contributed by atoms with van der Waals surface area (Å²) in [4.78, 5) is 10.8. The molecule has 0 aliphatic carbocycles. The van der Waals surface area contributed by atoms with Gasteiger partial charge in [-0.3, -0.25) is 4.79 Å². The zero-order chi connectivity index (χ0) is 17.1. The zero-order valence-corrected chi connectivity index (χ0v) is 16.0. The topological polar surface area (TPSA) is 113 Å². The maximum absolute atomic E-state index is 10.8. The molecule has 0 fully saturated rings. The molecule has 2 aromatic carbocycles. The second-order valence-corrected chi connectivity index (χ2v) is 7.11. The molecule has 0 aromatic heterocycles. The highest BCUT2D eigenvalue weighted by Gasteiger charge is 2.14. The maximum atomic E-state index is 10.8. The van der Waals surface area contributed by atoms with Crippen LogP contribution in [0.25, 0.3) is 0 Å². The van der Waals surface area contributed by atoms with E-state index in [4.69, 9.17) is 15.6 Å². The number of halogens is 2. The molecule has 1 unspecified atom stereocenters. The van der Waals surface area contributed by atoms with Gasteiger partial charge in [-0.05, 0) is 81.4 Å². The van der Waals surface area contributed by atoms with Crippen LogP contribution in [0.15, 0.2) is 30.3 Å². The van der Waals surface area contributed by atoms with Gasteiger partial charge in [-0.2, -0.15) is 0 Å². The lowest BCUT2D eigenvalue weighted by atomic mass is 10.1. The molecule has 23 heavy (non-hydrogen) atoms. The quantitative estimate of drug-likeness (QED) is 0.434. The summed E-state index contributed by atoms with van der Waals surface area (Å²) in [6.45, 7) is 0. The Morgan fingerprint density at radius 2 is 1.78 bits per heavy atom. The van der Waals surface area contributed by atoms with Crippen molar-refractivity contribution in [1.29, 1.82) is 0 Å². The number of hydrogen-bond donors (Lipinski definition) is 4. The molecule has 0 saturated carbocycles. The number of aromatic hydroxyl groups is 2. The van der Waals surface area contributed by atoms with E-state index in [2.05, 4.69) is 0 Å². The van der Waals surface area contributed by atoms with Crippen LogP contribution in [0.5, 0.6) is 23.0 Å². The summed E-state index contributed by atoms with van der Waals surface area (Å²) in [5.41, 5.74) is 6.07. The molecule has 5 N–H and O–H groups in total. The predicted octanol–water partition coefficient (Wildman–Crippen LogP) is 3.05. The van der Waals surface area contributed by atoms with E-state index in [9.17, 15) is 15.0 Å². The van der Waals surface area contributed by atoms with Gasteiger partial charge in [0.2, 0.25) is 0 Å². The summed E-state index contributed by atoms with van der Waals surface area (Å²) in [5.74, 6) is -0.325. The molecule has 6 nitrogen and oxygen atoms in total. The van der Waals surface area contributed by atoms with Crippen LogP contribution in [-0.4, -0.2) is 27.3 Å². The zero-order valence-electron chi connectivity index (χ0n) is 11.7. The lowest BCUT2D eigenvalue weighted by Crippen LogP contribution is -2.32. The van der Waals surface area contributed by atoms with E-state index in [1.807, 2.05) is 45.2 Å². The van der Waals surface area contributed by atoms with Gasteiger partial charge in [-0.25, -0.2) is 0 Å². The van der Waals surface area contributed by atoms with Crippen molar-refractivity contribution in [1.82, 2.24) is 0 Å². The number of phenols is 2. The van der Waals surface area contributed by atoms with Gasteiger partial charge in [0.1, 0.15) is 17.5 Å². The second kappa shape index (κ2) is 7.53. The summed E-state index contributed by atoms with van der Waals surface area (Å²) >= 11 is 3.97. The molecule has 1 atom stereocenters. The molecule has 0 aliphatic heterocycles. The van der Waals surface area contributed by atoms with Crippen molar-refractivity contribution in [3.8, 4) is 23.0 Å². The number of rotatable bonds is 5. The smallest absolute Gasteiger partial charge is 0.320 e. The lowest BCUT2D eigenvalue weighted by molar-refractivity contribution is -0.138. The normalized spacial score (nSPS) is 12.0. The SMILES string of the molecule is NC(Cc1ccc(Oc2cc(I)c(O)c(I)c2)c(O)c1)C(=O)O. The fourth-order valence-electron chi connectivity index (χ4n) is 1.85. The summed E-state index contributed by atoms with van der Waals surface area (Å²) in [5, 5.41) is 28.6. The van der Waals surface area contributed by atoms with E-state index in [-0.39, 0.29) is 23.7 Å². The van der Waals surface area contributed by atoms with Crippen molar-refractivity contribution in [2.24, 2.45) is 5.73 Å². The molecule has 0 aliphatic rings. The minimum atomic E-state index is -1.10. The van der Waals surface area contributed by atoms with E-state index in [1.165, 1.54) is 6.07 Å². The van der Waals surface area contributed by atoms with E-state index in [0.29, 0.717) is 18.5 Å². The molecule has 122 valence electrons. The van der Waals surface area contributed by atoms with Crippen molar-refractivity contribution in [2.75, 3.05) is 0 Å². The van der Waals surface area contributed by atoms with Crippen LogP contribution in [0.1, 0.15) is 5.56 Å². The number of aliphatic carboxylic acids is 1. The van der Waals surface area contributed by atoms with Gasteiger partial charge in [0, 0.05) is 0 Å². The fraction of sp³-hybridized carbons (Fsp3) is 0.133. The Morgan fingerprint density at radius 3 is 2.30 bits per heavy atom. The molecule has 0 saturated heterocycles. The van der Waals surface area contributed by atoms with Crippen LogP contribution >= 0.6 is 45.2 Å². The van der Waals surface area contributed by atoms with Crippen LogP contribution in [0.3, 0.4) is 0 Å². The predicted molar refractivity (Wildman–Crippen MR) is 101 cm³/mol. The van der Waals surface area contributed by atoms with Crippen LogP contribution in [-0.2, 0) is 11.2 Å². The van der Waals surface area contributed by atoms with E-state index in [0.717, 1.165) is 0 Å². The summed E-state index contributed by atoms with van der Waals surface area (Å²) in [6, 6.07) is 6.88. The average Bonchev–Trinajstić information content (AvgIpc) is 2.47. The van der Waals surface area contributed by atoms with Crippen LogP contribution in [0.4, 0.5) is 0 Å². The molecule has 0 bridgehead atoms. The van der Waals surface area contributed by atoms with E-state index >= 15 is 0 Å². The third kappa shape index (κ3) is 4.61. The van der Waals surface area contributed by atoms with Crippen LogP contribution in [0, 0.1) is 7.14 Å². The molecule has 2 rings (SSSR count). The van der Waals surface area contributed by atoms with Gasteiger partial charge in [0.25, 0.3) is 0 Å². The summed E-state index contributed by atoms with van der Waals surface area (Å²) in [7, 11) is 0. The maximum Gasteiger partial charge on any atom is 0.320 e. The minimum absolute atomic E-state index is 0.109. The van der Waals surface area contributed by atoms with Gasteiger partial charge in [-0.15, -0.1) is 0 Å². The van der Waals surface area contributed by atoms with Crippen LogP contribution in [0.2, 0.25) is 0 Å². The van der Waals surface area contributed by atoms with Crippen LogP contribution < -0.4 is 10.5 Å². The van der Waals surface area contributed by atoms with Crippen molar-refractivity contribution < 1.29 is 24.9 Å². The van der Waals surface area contributed by atoms with Crippen molar-refractivity contribution in [3.63, 3.8) is 0 Å². The first-order valence-corrected chi connectivity index (χ1v) is 8.60. The number of ether oxygens (including phenoxy) is 1. The van der Waals surface area contributed by atoms with E-state index < -0.39 is 12.0 Å². The van der Waals surface area contributed by atoms with Gasteiger partial charge in [-0.1, -0.05) is 6.07 Å². The first kappa shape index (κ1) is 18.1. The standard InChI is InChI=1S/C15H13I2NO5/c16-9-5-8(6-10(17)14(9)20)23-13-2-1-7(4-12(13)19)3-11(18)15(21)22/h1-2,4-6,11,19-20H,3,18H2,(H,21,22).